The van der Waals surface area contributed by atoms with E-state index in [-0.39, 0.29) is 21.5 Å². The van der Waals surface area contributed by atoms with Crippen LogP contribution in [0.5, 0.6) is 5.75 Å². The molecule has 1 heterocycles. The van der Waals surface area contributed by atoms with Crippen LogP contribution < -0.4 is 4.74 Å². The maximum atomic E-state index is 13.4. The van der Waals surface area contributed by atoms with Gasteiger partial charge in [-0.15, -0.1) is 0 Å². The number of ether oxygens (including phenoxy) is 1. The van der Waals surface area contributed by atoms with E-state index in [9.17, 15) is 13.6 Å². The number of methoxy groups -OCH3 is 1. The van der Waals surface area contributed by atoms with E-state index in [1.807, 2.05) is 0 Å². The van der Waals surface area contributed by atoms with Crippen LogP contribution in [0.4, 0.5) is 8.78 Å². The van der Waals surface area contributed by atoms with Gasteiger partial charge in [-0.05, 0) is 40.2 Å². The number of carbonyl (C=O) groups is 1. The number of benzene rings is 1. The molecule has 6 heteroatoms. The molecule has 0 fully saturated rings. The lowest BCUT2D eigenvalue weighted by Crippen LogP contribution is -2.08. The van der Waals surface area contributed by atoms with Crippen molar-refractivity contribution in [2.75, 3.05) is 7.11 Å². The quantitative estimate of drug-likeness (QED) is 0.641. The fourth-order valence-electron chi connectivity index (χ4n) is 1.55. The summed E-state index contributed by atoms with van der Waals surface area (Å²) in [7, 11) is 1.40. The Morgan fingerprint density at radius 2 is 2.05 bits per heavy atom. The zero-order valence-electron chi connectivity index (χ0n) is 9.78. The molecule has 0 aliphatic heterocycles. The molecule has 1 aromatic carbocycles. The lowest BCUT2D eigenvalue weighted by Gasteiger charge is -2.08. The van der Waals surface area contributed by atoms with E-state index < -0.39 is 17.4 Å². The molecule has 0 N–H and O–H groups in total. The number of hydrogen-bond acceptors (Lipinski definition) is 3. The van der Waals surface area contributed by atoms with E-state index in [4.69, 9.17) is 4.74 Å². The van der Waals surface area contributed by atoms with Gasteiger partial charge in [0.1, 0.15) is 5.75 Å². The zero-order valence-corrected chi connectivity index (χ0v) is 11.4. The average Bonchev–Trinajstić information content (AvgIpc) is 2.44. The standard InChI is InChI=1S/C13H8BrF2NO2/c1-19-9-3-2-6-17-12(9)13(18)7-4-5-8(15)11(16)10(7)14/h2-6H,1H3. The molecule has 0 aliphatic rings. The first-order valence-corrected chi connectivity index (χ1v) is 6.02. The van der Waals surface area contributed by atoms with Gasteiger partial charge >= 0.3 is 0 Å². The minimum absolute atomic E-state index is 0.0177. The molecule has 0 saturated heterocycles. The van der Waals surface area contributed by atoms with E-state index in [1.165, 1.54) is 19.4 Å². The van der Waals surface area contributed by atoms with Gasteiger partial charge in [0.15, 0.2) is 17.3 Å². The highest BCUT2D eigenvalue weighted by atomic mass is 79.9. The van der Waals surface area contributed by atoms with Gasteiger partial charge in [-0.25, -0.2) is 13.8 Å². The molecular formula is C13H8BrF2NO2. The molecule has 0 amide bonds. The Bertz CT molecular complexity index is 647. The van der Waals surface area contributed by atoms with Crippen molar-refractivity contribution in [2.24, 2.45) is 0 Å². The summed E-state index contributed by atoms with van der Waals surface area (Å²) >= 11 is 2.87. The smallest absolute Gasteiger partial charge is 0.216 e. The number of hydrogen-bond donors (Lipinski definition) is 0. The molecule has 0 bridgehead atoms. The molecule has 0 unspecified atom stereocenters. The van der Waals surface area contributed by atoms with Gasteiger partial charge < -0.3 is 4.74 Å². The van der Waals surface area contributed by atoms with Crippen LogP contribution in [0, 0.1) is 11.6 Å². The summed E-state index contributed by atoms with van der Waals surface area (Å²) in [5.41, 5.74) is 0.0209. The second kappa shape index (κ2) is 5.44. The molecule has 98 valence electrons. The molecule has 0 saturated carbocycles. The van der Waals surface area contributed by atoms with Gasteiger partial charge in [0.2, 0.25) is 5.78 Å². The first-order valence-electron chi connectivity index (χ1n) is 5.23. The van der Waals surface area contributed by atoms with Crippen LogP contribution >= 0.6 is 15.9 Å². The maximum Gasteiger partial charge on any atom is 0.216 e. The number of rotatable bonds is 3. The Kier molecular flexibility index (Phi) is 3.90. The van der Waals surface area contributed by atoms with E-state index in [1.54, 1.807) is 12.1 Å². The Hall–Kier alpha value is -1.82. The molecule has 19 heavy (non-hydrogen) atoms. The first-order chi connectivity index (χ1) is 9.06. The van der Waals surface area contributed by atoms with Crippen molar-refractivity contribution in [1.29, 1.82) is 0 Å². The van der Waals surface area contributed by atoms with Crippen molar-refractivity contribution in [3.8, 4) is 5.75 Å². The molecule has 2 aromatic rings. The maximum absolute atomic E-state index is 13.4. The minimum atomic E-state index is -1.11. The van der Waals surface area contributed by atoms with Crippen LogP contribution in [0.25, 0.3) is 0 Å². The molecule has 0 atom stereocenters. The van der Waals surface area contributed by atoms with Crippen LogP contribution in [-0.4, -0.2) is 17.9 Å². The summed E-state index contributed by atoms with van der Waals surface area (Å²) in [5, 5.41) is 0. The predicted molar refractivity (Wildman–Crippen MR) is 68.3 cm³/mol. The highest BCUT2D eigenvalue weighted by Crippen LogP contribution is 2.27. The molecule has 2 rings (SSSR count). The van der Waals surface area contributed by atoms with Gasteiger partial charge in [0.25, 0.3) is 0 Å². The number of pyridine rings is 1. The number of halogens is 3. The van der Waals surface area contributed by atoms with Gasteiger partial charge in [-0.1, -0.05) is 0 Å². The SMILES string of the molecule is COc1cccnc1C(=O)c1ccc(F)c(F)c1Br. The molecular weight excluding hydrogens is 320 g/mol. The van der Waals surface area contributed by atoms with Crippen molar-refractivity contribution in [3.63, 3.8) is 0 Å². The van der Waals surface area contributed by atoms with E-state index in [0.717, 1.165) is 6.07 Å². The molecule has 1 aromatic heterocycles. The number of ketones is 1. The second-order valence-electron chi connectivity index (χ2n) is 3.61. The van der Waals surface area contributed by atoms with Crippen molar-refractivity contribution < 1.29 is 18.3 Å². The number of nitrogens with zero attached hydrogens (tertiary/aromatic N) is 1. The van der Waals surface area contributed by atoms with Crippen molar-refractivity contribution in [3.05, 3.63) is 57.8 Å². The van der Waals surface area contributed by atoms with Crippen molar-refractivity contribution in [2.45, 2.75) is 0 Å². The normalized spacial score (nSPS) is 10.3. The number of carbonyl (C=O) groups excluding carboxylic acids is 1. The topological polar surface area (TPSA) is 39.2 Å². The average molecular weight is 328 g/mol. The zero-order chi connectivity index (χ0) is 14.0. The van der Waals surface area contributed by atoms with Gasteiger partial charge in [-0.2, -0.15) is 0 Å². The summed E-state index contributed by atoms with van der Waals surface area (Å²) < 4.78 is 31.2. The van der Waals surface area contributed by atoms with Crippen LogP contribution in [0.1, 0.15) is 16.1 Å². The molecule has 0 spiro atoms. The summed E-state index contributed by atoms with van der Waals surface area (Å²) in [6, 6.07) is 5.26. The Morgan fingerprint density at radius 1 is 1.32 bits per heavy atom. The van der Waals surface area contributed by atoms with Gasteiger partial charge in [-0.3, -0.25) is 4.79 Å². The summed E-state index contributed by atoms with van der Waals surface area (Å²) in [6.45, 7) is 0. The third kappa shape index (κ3) is 2.49. The van der Waals surface area contributed by atoms with Crippen molar-refractivity contribution in [1.82, 2.24) is 4.98 Å². The molecule has 0 aliphatic carbocycles. The fraction of sp³-hybridized carbons (Fsp3) is 0.0769. The number of aromatic nitrogens is 1. The highest BCUT2D eigenvalue weighted by molar-refractivity contribution is 9.10. The summed E-state index contributed by atoms with van der Waals surface area (Å²) in [6.07, 6.45) is 1.42. The Morgan fingerprint density at radius 3 is 2.74 bits per heavy atom. The van der Waals surface area contributed by atoms with E-state index in [2.05, 4.69) is 20.9 Å². The van der Waals surface area contributed by atoms with Crippen LogP contribution in [0.15, 0.2) is 34.9 Å². The minimum Gasteiger partial charge on any atom is -0.494 e. The van der Waals surface area contributed by atoms with Crippen molar-refractivity contribution >= 4 is 21.7 Å². The van der Waals surface area contributed by atoms with Crippen LogP contribution in [0.3, 0.4) is 0 Å². The third-order valence-corrected chi connectivity index (χ3v) is 3.26. The molecule has 3 nitrogen and oxygen atoms in total. The fourth-order valence-corrected chi connectivity index (χ4v) is 2.06. The first kappa shape index (κ1) is 13.6. The Labute approximate surface area is 116 Å². The summed E-state index contributed by atoms with van der Waals surface area (Å²) in [5.74, 6) is -2.43. The van der Waals surface area contributed by atoms with E-state index >= 15 is 0 Å². The van der Waals surface area contributed by atoms with Gasteiger partial charge in [0, 0.05) is 11.8 Å². The summed E-state index contributed by atoms with van der Waals surface area (Å²) in [4.78, 5) is 16.2. The predicted octanol–water partition coefficient (Wildman–Crippen LogP) is 3.36. The Balaban J connectivity index is 2.54. The van der Waals surface area contributed by atoms with Crippen LogP contribution in [-0.2, 0) is 0 Å². The largest absolute Gasteiger partial charge is 0.494 e. The molecule has 0 radical (unpaired) electrons. The second-order valence-corrected chi connectivity index (χ2v) is 4.40. The highest BCUT2D eigenvalue weighted by Gasteiger charge is 2.21. The lowest BCUT2D eigenvalue weighted by atomic mass is 10.1. The van der Waals surface area contributed by atoms with Gasteiger partial charge in [0.05, 0.1) is 11.6 Å². The van der Waals surface area contributed by atoms with E-state index in [0.29, 0.717) is 0 Å². The van der Waals surface area contributed by atoms with Crippen LogP contribution in [0.2, 0.25) is 0 Å². The lowest BCUT2D eigenvalue weighted by molar-refractivity contribution is 0.103. The monoisotopic (exact) mass is 327 g/mol. The third-order valence-electron chi connectivity index (χ3n) is 2.49.